The van der Waals surface area contributed by atoms with Crippen LogP contribution < -0.4 is 20.3 Å². The monoisotopic (exact) mass is 262 g/mol. The van der Waals surface area contributed by atoms with Crippen LogP contribution in [0.15, 0.2) is 22.6 Å². The van der Waals surface area contributed by atoms with Crippen molar-refractivity contribution >= 4 is 12.7 Å². The SMILES string of the molecule is C=c1cc(O)c(=Cc2cc(OC)c(O)c(OC)c2)o1. The first-order valence-electron chi connectivity index (χ1n) is 5.49. The quantitative estimate of drug-likeness (QED) is 0.861. The Hall–Kier alpha value is -2.56. The highest BCUT2D eigenvalue weighted by Crippen LogP contribution is 2.37. The fourth-order valence-corrected chi connectivity index (χ4v) is 1.70. The van der Waals surface area contributed by atoms with Gasteiger partial charge in [0.15, 0.2) is 22.7 Å². The summed E-state index contributed by atoms with van der Waals surface area (Å²) in [6.45, 7) is 3.59. The minimum absolute atomic E-state index is 0.00370. The molecule has 0 spiro atoms. The molecule has 100 valence electrons. The predicted molar refractivity (Wildman–Crippen MR) is 69.9 cm³/mol. The van der Waals surface area contributed by atoms with Gasteiger partial charge in [-0.25, -0.2) is 0 Å². The van der Waals surface area contributed by atoms with Crippen LogP contribution in [0.5, 0.6) is 23.0 Å². The lowest BCUT2D eigenvalue weighted by Crippen LogP contribution is -1.99. The summed E-state index contributed by atoms with van der Waals surface area (Å²) in [5, 5.41) is 19.4. The minimum atomic E-state index is -0.0799. The summed E-state index contributed by atoms with van der Waals surface area (Å²) >= 11 is 0. The standard InChI is InChI=1S/C14H14O5/c1-8-4-10(15)11(19-8)5-9-6-12(17-2)14(16)13(7-9)18-3/h4-7,15-16H,1H2,2-3H3. The molecule has 1 aromatic heterocycles. The molecule has 0 saturated carbocycles. The molecule has 0 amide bonds. The van der Waals surface area contributed by atoms with Crippen LogP contribution in [0.2, 0.25) is 0 Å². The average molecular weight is 262 g/mol. The lowest BCUT2D eigenvalue weighted by Gasteiger charge is -2.09. The van der Waals surface area contributed by atoms with E-state index >= 15 is 0 Å². The molecule has 0 unspecified atom stereocenters. The Morgan fingerprint density at radius 2 is 1.68 bits per heavy atom. The molecule has 0 aliphatic rings. The van der Waals surface area contributed by atoms with Crippen LogP contribution >= 0.6 is 0 Å². The Balaban J connectivity index is 2.61. The topological polar surface area (TPSA) is 72.1 Å². The normalized spacial score (nSPS) is 11.6. The van der Waals surface area contributed by atoms with E-state index in [2.05, 4.69) is 6.58 Å². The van der Waals surface area contributed by atoms with Gasteiger partial charge in [-0.2, -0.15) is 0 Å². The van der Waals surface area contributed by atoms with Crippen LogP contribution in [0.4, 0.5) is 0 Å². The smallest absolute Gasteiger partial charge is 0.200 e. The van der Waals surface area contributed by atoms with Gasteiger partial charge in [0.1, 0.15) is 5.42 Å². The van der Waals surface area contributed by atoms with Crippen molar-refractivity contribution in [2.24, 2.45) is 0 Å². The van der Waals surface area contributed by atoms with Gasteiger partial charge in [-0.05, 0) is 23.8 Å². The molecule has 5 nitrogen and oxygen atoms in total. The molecular formula is C14H14O5. The van der Waals surface area contributed by atoms with E-state index in [4.69, 9.17) is 13.9 Å². The Kier molecular flexibility index (Phi) is 3.37. The number of phenolic OH excluding ortho intramolecular Hbond substituents is 1. The summed E-state index contributed by atoms with van der Waals surface area (Å²) in [7, 11) is 2.88. The molecule has 0 fully saturated rings. The summed E-state index contributed by atoms with van der Waals surface area (Å²) in [4.78, 5) is 0. The van der Waals surface area contributed by atoms with Crippen molar-refractivity contribution in [3.05, 3.63) is 34.6 Å². The van der Waals surface area contributed by atoms with Gasteiger partial charge in [0.25, 0.3) is 0 Å². The summed E-state index contributed by atoms with van der Waals surface area (Å²) < 4.78 is 15.3. The Morgan fingerprint density at radius 3 is 2.11 bits per heavy atom. The van der Waals surface area contributed by atoms with E-state index in [1.165, 1.54) is 20.3 Å². The molecule has 2 N–H and O–H groups in total. The molecule has 1 aromatic carbocycles. The van der Waals surface area contributed by atoms with Crippen molar-refractivity contribution < 1.29 is 24.1 Å². The van der Waals surface area contributed by atoms with Crippen LogP contribution in [0.25, 0.3) is 12.7 Å². The lowest BCUT2D eigenvalue weighted by molar-refractivity contribution is 0.339. The Bertz CT molecular complexity index is 674. The minimum Gasteiger partial charge on any atom is -0.504 e. The zero-order chi connectivity index (χ0) is 14.0. The molecule has 0 radical (unpaired) electrons. The highest BCUT2D eigenvalue weighted by Gasteiger charge is 2.10. The second kappa shape index (κ2) is 4.97. The van der Waals surface area contributed by atoms with Crippen LogP contribution in [-0.4, -0.2) is 24.4 Å². The largest absolute Gasteiger partial charge is 0.504 e. The van der Waals surface area contributed by atoms with Crippen molar-refractivity contribution in [2.75, 3.05) is 14.2 Å². The molecule has 1 heterocycles. The molecule has 0 aliphatic carbocycles. The van der Waals surface area contributed by atoms with E-state index in [1.807, 2.05) is 0 Å². The lowest BCUT2D eigenvalue weighted by atomic mass is 10.1. The van der Waals surface area contributed by atoms with Crippen molar-refractivity contribution in [1.82, 2.24) is 0 Å². The Labute approximate surface area is 109 Å². The maximum Gasteiger partial charge on any atom is 0.200 e. The van der Waals surface area contributed by atoms with E-state index < -0.39 is 0 Å². The van der Waals surface area contributed by atoms with Crippen molar-refractivity contribution in [2.45, 2.75) is 0 Å². The first-order chi connectivity index (χ1) is 9.05. The number of hydrogen-bond acceptors (Lipinski definition) is 5. The number of ether oxygens (including phenoxy) is 2. The molecule has 0 aliphatic heterocycles. The molecule has 5 heteroatoms. The van der Waals surface area contributed by atoms with Crippen LogP contribution in [-0.2, 0) is 0 Å². The molecule has 2 rings (SSSR count). The molecule has 0 bridgehead atoms. The zero-order valence-corrected chi connectivity index (χ0v) is 10.6. The fraction of sp³-hybridized carbons (Fsp3) is 0.143. The number of hydrogen-bond donors (Lipinski definition) is 2. The van der Waals surface area contributed by atoms with Gasteiger partial charge < -0.3 is 24.1 Å². The third-order valence-corrected chi connectivity index (χ3v) is 2.59. The summed E-state index contributed by atoms with van der Waals surface area (Å²) in [6, 6.07) is 4.62. The molecular weight excluding hydrogens is 248 g/mol. The number of methoxy groups -OCH3 is 2. The second-order valence-electron chi connectivity index (χ2n) is 3.88. The van der Waals surface area contributed by atoms with E-state index in [0.29, 0.717) is 11.0 Å². The first-order valence-corrected chi connectivity index (χ1v) is 5.49. The van der Waals surface area contributed by atoms with E-state index in [1.54, 1.807) is 18.2 Å². The maximum atomic E-state index is 9.79. The van der Waals surface area contributed by atoms with Crippen molar-refractivity contribution in [1.29, 1.82) is 0 Å². The average Bonchev–Trinajstić information content (AvgIpc) is 2.69. The van der Waals surface area contributed by atoms with Gasteiger partial charge in [0, 0.05) is 6.07 Å². The molecule has 0 saturated heterocycles. The Morgan fingerprint density at radius 1 is 1.11 bits per heavy atom. The summed E-state index contributed by atoms with van der Waals surface area (Å²) in [5.74, 6) is 0.456. The van der Waals surface area contributed by atoms with Gasteiger partial charge in [-0.1, -0.05) is 6.58 Å². The van der Waals surface area contributed by atoms with E-state index in [0.717, 1.165) is 0 Å². The van der Waals surface area contributed by atoms with Gasteiger partial charge in [-0.3, -0.25) is 0 Å². The van der Waals surface area contributed by atoms with Crippen LogP contribution in [0.1, 0.15) is 5.56 Å². The number of furan rings is 1. The van der Waals surface area contributed by atoms with Gasteiger partial charge in [-0.15, -0.1) is 0 Å². The molecule has 19 heavy (non-hydrogen) atoms. The number of aromatic hydroxyl groups is 2. The third-order valence-electron chi connectivity index (χ3n) is 2.59. The predicted octanol–water partition coefficient (Wildman–Crippen LogP) is 0.947. The highest BCUT2D eigenvalue weighted by molar-refractivity contribution is 5.61. The zero-order valence-electron chi connectivity index (χ0n) is 10.6. The van der Waals surface area contributed by atoms with Crippen LogP contribution in [0, 0.1) is 0 Å². The van der Waals surface area contributed by atoms with Gasteiger partial charge in [0.05, 0.1) is 14.2 Å². The molecule has 2 aromatic rings. The van der Waals surface area contributed by atoms with Crippen molar-refractivity contribution in [3.8, 4) is 23.0 Å². The maximum absolute atomic E-state index is 9.79. The fourth-order valence-electron chi connectivity index (χ4n) is 1.70. The highest BCUT2D eigenvalue weighted by atomic mass is 16.5. The number of phenols is 1. The van der Waals surface area contributed by atoms with Crippen molar-refractivity contribution in [3.63, 3.8) is 0 Å². The van der Waals surface area contributed by atoms with E-state index in [-0.39, 0.29) is 28.4 Å². The van der Waals surface area contributed by atoms with Crippen LogP contribution in [0.3, 0.4) is 0 Å². The van der Waals surface area contributed by atoms with E-state index in [9.17, 15) is 10.2 Å². The summed E-state index contributed by atoms with van der Waals surface area (Å²) in [5.41, 5.74) is 1.29. The number of benzene rings is 1. The van der Waals surface area contributed by atoms with Gasteiger partial charge >= 0.3 is 0 Å². The first kappa shape index (κ1) is 12.9. The third kappa shape index (κ3) is 2.49. The van der Waals surface area contributed by atoms with Gasteiger partial charge in [0.2, 0.25) is 5.75 Å². The summed E-state index contributed by atoms with van der Waals surface area (Å²) in [6.07, 6.45) is 1.59. The second-order valence-corrected chi connectivity index (χ2v) is 3.88. The number of rotatable bonds is 3. The molecule has 0 atom stereocenters.